The van der Waals surface area contributed by atoms with E-state index in [0.717, 1.165) is 26.1 Å². The molecule has 1 aromatic rings. The summed E-state index contributed by atoms with van der Waals surface area (Å²) in [4.78, 5) is 2.61. The Hall–Kier alpha value is -0.860. The van der Waals surface area contributed by atoms with Crippen molar-refractivity contribution in [3.8, 4) is 0 Å². The third kappa shape index (κ3) is 5.75. The van der Waals surface area contributed by atoms with Crippen LogP contribution in [0.5, 0.6) is 0 Å². The second-order valence-electron chi connectivity index (χ2n) is 6.25. The molecule has 1 atom stereocenters. The Balaban J connectivity index is 2.90. The number of hydrogen-bond donors (Lipinski definition) is 1. The first-order valence-corrected chi connectivity index (χ1v) is 7.53. The number of rotatable bonds is 8. The van der Waals surface area contributed by atoms with Gasteiger partial charge in [0.15, 0.2) is 0 Å². The van der Waals surface area contributed by atoms with Crippen LogP contribution in [0.3, 0.4) is 0 Å². The molecule has 1 unspecified atom stereocenters. The lowest BCUT2D eigenvalue weighted by Gasteiger charge is -2.34. The fraction of sp³-hybridized carbons (Fsp3) is 0.647. The normalized spacial score (nSPS) is 13.5. The molecule has 0 aromatic heterocycles. The summed E-state index contributed by atoms with van der Waals surface area (Å²) in [5.41, 5.74) is 7.24. The first-order chi connectivity index (χ1) is 9.04. The van der Waals surface area contributed by atoms with Gasteiger partial charge in [0.1, 0.15) is 0 Å². The Labute approximate surface area is 119 Å². The molecule has 0 aliphatic heterocycles. The molecule has 2 nitrogen and oxygen atoms in total. The number of nitrogens with zero attached hydrogens (tertiary/aromatic N) is 1. The highest BCUT2D eigenvalue weighted by Crippen LogP contribution is 2.25. The van der Waals surface area contributed by atoms with Crippen molar-refractivity contribution in [3.63, 3.8) is 0 Å². The second kappa shape index (κ2) is 8.34. The quantitative estimate of drug-likeness (QED) is 0.774. The van der Waals surface area contributed by atoms with Crippen LogP contribution in [0.2, 0.25) is 0 Å². The van der Waals surface area contributed by atoms with E-state index in [1.54, 1.807) is 0 Å². The van der Waals surface area contributed by atoms with Crippen LogP contribution in [0.25, 0.3) is 0 Å². The molecule has 2 heteroatoms. The average Bonchev–Trinajstić information content (AvgIpc) is 2.35. The maximum atomic E-state index is 5.84. The third-order valence-electron chi connectivity index (χ3n) is 3.26. The van der Waals surface area contributed by atoms with Gasteiger partial charge >= 0.3 is 0 Å². The molecule has 0 saturated heterocycles. The number of nitrogens with two attached hydrogens (primary N) is 1. The molecule has 0 bridgehead atoms. The van der Waals surface area contributed by atoms with E-state index >= 15 is 0 Å². The van der Waals surface area contributed by atoms with Crippen LogP contribution in [0.4, 0.5) is 0 Å². The first-order valence-electron chi connectivity index (χ1n) is 7.53. The van der Waals surface area contributed by atoms with Crippen LogP contribution in [0.1, 0.15) is 45.7 Å². The van der Waals surface area contributed by atoms with Gasteiger partial charge in [0.2, 0.25) is 0 Å². The maximum absolute atomic E-state index is 5.84. The van der Waals surface area contributed by atoms with E-state index < -0.39 is 0 Å². The average molecular weight is 262 g/mol. The summed E-state index contributed by atoms with van der Waals surface area (Å²) in [6.07, 6.45) is 1.03. The van der Waals surface area contributed by atoms with Crippen LogP contribution in [0.15, 0.2) is 30.3 Å². The summed E-state index contributed by atoms with van der Waals surface area (Å²) in [7, 11) is 0. The molecule has 0 aliphatic rings. The summed E-state index contributed by atoms with van der Waals surface area (Å²) in [6.45, 7) is 12.2. The molecule has 108 valence electrons. The van der Waals surface area contributed by atoms with Crippen molar-refractivity contribution >= 4 is 0 Å². The van der Waals surface area contributed by atoms with Gasteiger partial charge in [-0.25, -0.2) is 0 Å². The van der Waals surface area contributed by atoms with Gasteiger partial charge in [-0.15, -0.1) is 0 Å². The summed E-state index contributed by atoms with van der Waals surface area (Å²) < 4.78 is 0. The Morgan fingerprint density at radius 3 is 1.89 bits per heavy atom. The Morgan fingerprint density at radius 2 is 1.47 bits per heavy atom. The van der Waals surface area contributed by atoms with Crippen molar-refractivity contribution in [1.82, 2.24) is 4.90 Å². The summed E-state index contributed by atoms with van der Waals surface area (Å²) in [5.74, 6) is 1.37. The standard InChI is InChI=1S/C17H30N2/c1-14(2)12-19(13-15(3)4)17(10-11-18)16-8-6-5-7-9-16/h5-9,14-15,17H,10-13,18H2,1-4H3. The zero-order valence-corrected chi connectivity index (χ0v) is 13.0. The Bertz CT molecular complexity index is 322. The monoisotopic (exact) mass is 262 g/mol. The van der Waals surface area contributed by atoms with Crippen LogP contribution < -0.4 is 5.73 Å². The Morgan fingerprint density at radius 1 is 0.947 bits per heavy atom. The zero-order chi connectivity index (χ0) is 14.3. The molecule has 0 aliphatic carbocycles. The zero-order valence-electron chi connectivity index (χ0n) is 13.0. The van der Waals surface area contributed by atoms with Crippen molar-refractivity contribution in [3.05, 3.63) is 35.9 Å². The van der Waals surface area contributed by atoms with E-state index in [-0.39, 0.29) is 0 Å². The van der Waals surface area contributed by atoms with Crippen LogP contribution >= 0.6 is 0 Å². The summed E-state index contributed by atoms with van der Waals surface area (Å²) in [5, 5.41) is 0. The van der Waals surface area contributed by atoms with E-state index in [9.17, 15) is 0 Å². The summed E-state index contributed by atoms with van der Waals surface area (Å²) >= 11 is 0. The van der Waals surface area contributed by atoms with E-state index in [2.05, 4.69) is 62.9 Å². The SMILES string of the molecule is CC(C)CN(CC(C)C)C(CCN)c1ccccc1. The molecule has 0 spiro atoms. The molecule has 1 rings (SSSR count). The number of benzene rings is 1. The lowest BCUT2D eigenvalue weighted by Crippen LogP contribution is -2.36. The molecular weight excluding hydrogens is 232 g/mol. The van der Waals surface area contributed by atoms with Crippen molar-refractivity contribution in [2.75, 3.05) is 19.6 Å². The minimum Gasteiger partial charge on any atom is -0.330 e. The fourth-order valence-corrected chi connectivity index (χ4v) is 2.66. The van der Waals surface area contributed by atoms with Gasteiger partial charge < -0.3 is 5.73 Å². The molecule has 0 fully saturated rings. The van der Waals surface area contributed by atoms with Crippen LogP contribution in [-0.4, -0.2) is 24.5 Å². The van der Waals surface area contributed by atoms with Crippen molar-refractivity contribution in [1.29, 1.82) is 0 Å². The molecule has 1 aromatic carbocycles. The third-order valence-corrected chi connectivity index (χ3v) is 3.26. The van der Waals surface area contributed by atoms with Gasteiger partial charge in [0.25, 0.3) is 0 Å². The second-order valence-corrected chi connectivity index (χ2v) is 6.25. The van der Waals surface area contributed by atoms with Crippen LogP contribution in [0, 0.1) is 11.8 Å². The molecule has 2 N–H and O–H groups in total. The molecule has 0 amide bonds. The maximum Gasteiger partial charge on any atom is 0.0360 e. The molecular formula is C17H30N2. The molecule has 19 heavy (non-hydrogen) atoms. The van der Waals surface area contributed by atoms with Gasteiger partial charge in [-0.05, 0) is 30.4 Å². The van der Waals surface area contributed by atoms with E-state index in [1.165, 1.54) is 5.56 Å². The Kier molecular flexibility index (Phi) is 7.11. The van der Waals surface area contributed by atoms with E-state index in [0.29, 0.717) is 17.9 Å². The van der Waals surface area contributed by atoms with Crippen molar-refractivity contribution in [2.45, 2.75) is 40.2 Å². The summed E-state index contributed by atoms with van der Waals surface area (Å²) in [6, 6.07) is 11.3. The highest BCUT2D eigenvalue weighted by Gasteiger charge is 2.21. The van der Waals surface area contributed by atoms with Gasteiger partial charge in [-0.3, -0.25) is 4.90 Å². The highest BCUT2D eigenvalue weighted by atomic mass is 15.2. The van der Waals surface area contributed by atoms with Crippen molar-refractivity contribution < 1.29 is 0 Å². The largest absolute Gasteiger partial charge is 0.330 e. The van der Waals surface area contributed by atoms with Crippen molar-refractivity contribution in [2.24, 2.45) is 17.6 Å². The minimum absolute atomic E-state index is 0.455. The van der Waals surface area contributed by atoms with E-state index in [1.807, 2.05) is 0 Å². The fourth-order valence-electron chi connectivity index (χ4n) is 2.66. The topological polar surface area (TPSA) is 29.3 Å². The van der Waals surface area contributed by atoms with Gasteiger partial charge in [-0.1, -0.05) is 58.0 Å². The molecule has 0 radical (unpaired) electrons. The highest BCUT2D eigenvalue weighted by molar-refractivity contribution is 5.19. The van der Waals surface area contributed by atoms with Gasteiger partial charge in [-0.2, -0.15) is 0 Å². The predicted octanol–water partition coefficient (Wildman–Crippen LogP) is 3.69. The predicted molar refractivity (Wildman–Crippen MR) is 84.1 cm³/mol. The number of hydrogen-bond acceptors (Lipinski definition) is 2. The smallest absolute Gasteiger partial charge is 0.0360 e. The molecule has 0 heterocycles. The van der Waals surface area contributed by atoms with Gasteiger partial charge in [0.05, 0.1) is 0 Å². The van der Waals surface area contributed by atoms with Gasteiger partial charge in [0, 0.05) is 19.1 Å². The van der Waals surface area contributed by atoms with E-state index in [4.69, 9.17) is 5.73 Å². The lowest BCUT2D eigenvalue weighted by atomic mass is 9.99. The van der Waals surface area contributed by atoms with Crippen LogP contribution in [-0.2, 0) is 0 Å². The minimum atomic E-state index is 0.455. The first kappa shape index (κ1) is 16.2. The molecule has 0 saturated carbocycles. The lowest BCUT2D eigenvalue weighted by molar-refractivity contribution is 0.150.